The summed E-state index contributed by atoms with van der Waals surface area (Å²) in [6, 6.07) is 9.76. The lowest BCUT2D eigenvalue weighted by atomic mass is 9.86. The summed E-state index contributed by atoms with van der Waals surface area (Å²) in [5.41, 5.74) is -2.87. The molecule has 0 saturated carbocycles. The Bertz CT molecular complexity index is 986. The van der Waals surface area contributed by atoms with Crippen LogP contribution in [-0.2, 0) is 12.4 Å². The molecule has 0 spiro atoms. The van der Waals surface area contributed by atoms with E-state index in [0.717, 1.165) is 37.6 Å². The van der Waals surface area contributed by atoms with Gasteiger partial charge in [0.2, 0.25) is 0 Å². The second-order valence-corrected chi connectivity index (χ2v) is 9.03. The molecule has 180 valence electrons. The van der Waals surface area contributed by atoms with Gasteiger partial charge in [0.1, 0.15) is 0 Å². The summed E-state index contributed by atoms with van der Waals surface area (Å²) in [5.74, 6) is 0. The first kappa shape index (κ1) is 25.1. The Morgan fingerprint density at radius 2 is 1.52 bits per heavy atom. The van der Waals surface area contributed by atoms with Gasteiger partial charge in [0.25, 0.3) is 0 Å². The third-order valence-electron chi connectivity index (χ3n) is 6.35. The number of nitrogens with zero attached hydrogens (tertiary/aromatic N) is 1. The van der Waals surface area contributed by atoms with Crippen molar-refractivity contribution in [1.82, 2.24) is 10.2 Å². The van der Waals surface area contributed by atoms with Crippen LogP contribution in [0.2, 0.25) is 0 Å². The Labute approximate surface area is 190 Å². The van der Waals surface area contributed by atoms with Gasteiger partial charge >= 0.3 is 12.4 Å². The van der Waals surface area contributed by atoms with E-state index in [4.69, 9.17) is 0 Å². The highest BCUT2D eigenvalue weighted by atomic mass is 19.4. The maximum atomic E-state index is 13.9. The molecule has 0 aromatic heterocycles. The molecule has 0 aliphatic carbocycles. The van der Waals surface area contributed by atoms with Crippen LogP contribution in [0.15, 0.2) is 49.0 Å². The van der Waals surface area contributed by atoms with Crippen LogP contribution in [-0.4, -0.2) is 23.5 Å². The molecule has 1 saturated heterocycles. The highest BCUT2D eigenvalue weighted by Gasteiger charge is 2.41. The number of likely N-dealkylation sites (tertiary alicyclic amines) is 1. The van der Waals surface area contributed by atoms with Crippen LogP contribution in [0.1, 0.15) is 60.5 Å². The fraction of sp³-hybridized carbons (Fsp3) is 0.440. The summed E-state index contributed by atoms with van der Waals surface area (Å²) in [4.78, 5) is 2.27. The fourth-order valence-electron chi connectivity index (χ4n) is 4.61. The molecule has 1 heterocycles. The molecular formula is C25H28F6N2. The molecule has 1 atom stereocenters. The van der Waals surface area contributed by atoms with E-state index in [2.05, 4.69) is 16.8 Å². The summed E-state index contributed by atoms with van der Waals surface area (Å²) < 4.78 is 81.2. The first-order valence-corrected chi connectivity index (χ1v) is 10.8. The largest absolute Gasteiger partial charge is 0.417 e. The summed E-state index contributed by atoms with van der Waals surface area (Å²) in [7, 11) is 0. The van der Waals surface area contributed by atoms with Crippen LogP contribution in [0.5, 0.6) is 0 Å². The van der Waals surface area contributed by atoms with Crippen LogP contribution < -0.4 is 5.32 Å². The van der Waals surface area contributed by atoms with Crippen LogP contribution in [0.3, 0.4) is 0 Å². The third-order valence-corrected chi connectivity index (χ3v) is 6.35. The zero-order valence-electron chi connectivity index (χ0n) is 18.9. The number of halogens is 6. The van der Waals surface area contributed by atoms with Gasteiger partial charge in [-0.1, -0.05) is 36.9 Å². The Hall–Kier alpha value is -2.48. The quantitative estimate of drug-likeness (QED) is 0.449. The van der Waals surface area contributed by atoms with Gasteiger partial charge in [-0.05, 0) is 70.0 Å². The number of hydrogen-bond acceptors (Lipinski definition) is 2. The lowest BCUT2D eigenvalue weighted by Crippen LogP contribution is -2.51. The lowest BCUT2D eigenvalue weighted by molar-refractivity contribution is -0.143. The molecular weight excluding hydrogens is 442 g/mol. The van der Waals surface area contributed by atoms with Gasteiger partial charge in [0.15, 0.2) is 0 Å². The first-order valence-electron chi connectivity index (χ1n) is 10.8. The molecule has 1 unspecified atom stereocenters. The lowest BCUT2D eigenvalue weighted by Gasteiger charge is -2.43. The molecule has 1 N–H and O–H groups in total. The normalized spacial score (nSPS) is 16.6. The maximum Gasteiger partial charge on any atom is 0.417 e. The van der Waals surface area contributed by atoms with Crippen molar-refractivity contribution in [3.8, 4) is 0 Å². The molecule has 1 aliphatic heterocycles. The molecule has 2 aromatic carbocycles. The molecule has 0 bridgehead atoms. The summed E-state index contributed by atoms with van der Waals surface area (Å²) >= 11 is 0. The van der Waals surface area contributed by atoms with Crippen LogP contribution in [0, 0.1) is 6.92 Å². The molecule has 33 heavy (non-hydrogen) atoms. The number of aryl methyl sites for hydroxylation is 1. The SMILES string of the molecule is C=C(NC(c1ccccc1)C(C)(C)N1CCCC1)c1c(C)cc(C(F)(F)F)cc1C(F)(F)F. The van der Waals surface area contributed by atoms with Crippen molar-refractivity contribution in [1.29, 1.82) is 0 Å². The van der Waals surface area contributed by atoms with E-state index < -0.39 is 35.1 Å². The third kappa shape index (κ3) is 5.37. The van der Waals surface area contributed by atoms with Crippen molar-refractivity contribution in [3.63, 3.8) is 0 Å². The molecule has 3 rings (SSSR count). The zero-order valence-corrected chi connectivity index (χ0v) is 18.9. The molecule has 0 amide bonds. The Morgan fingerprint density at radius 3 is 2.03 bits per heavy atom. The molecule has 1 fully saturated rings. The number of hydrogen-bond donors (Lipinski definition) is 1. The van der Waals surface area contributed by atoms with Crippen molar-refractivity contribution in [3.05, 3.63) is 76.9 Å². The monoisotopic (exact) mass is 470 g/mol. The van der Waals surface area contributed by atoms with Crippen LogP contribution in [0.25, 0.3) is 5.70 Å². The van der Waals surface area contributed by atoms with Crippen molar-refractivity contribution < 1.29 is 26.3 Å². The van der Waals surface area contributed by atoms with E-state index in [-0.39, 0.29) is 22.9 Å². The number of benzene rings is 2. The Morgan fingerprint density at radius 1 is 0.939 bits per heavy atom. The molecule has 2 nitrogen and oxygen atoms in total. The predicted molar refractivity (Wildman–Crippen MR) is 117 cm³/mol. The maximum absolute atomic E-state index is 13.9. The second-order valence-electron chi connectivity index (χ2n) is 9.03. The highest BCUT2D eigenvalue weighted by molar-refractivity contribution is 5.69. The average Bonchev–Trinajstić information content (AvgIpc) is 3.26. The highest BCUT2D eigenvalue weighted by Crippen LogP contribution is 2.42. The second kappa shape index (κ2) is 9.05. The van der Waals surface area contributed by atoms with Gasteiger partial charge < -0.3 is 5.32 Å². The topological polar surface area (TPSA) is 15.3 Å². The van der Waals surface area contributed by atoms with E-state index in [9.17, 15) is 26.3 Å². The van der Waals surface area contributed by atoms with Crippen molar-refractivity contribution in [2.75, 3.05) is 13.1 Å². The van der Waals surface area contributed by atoms with E-state index in [1.807, 2.05) is 44.2 Å². The van der Waals surface area contributed by atoms with E-state index >= 15 is 0 Å². The fourth-order valence-corrected chi connectivity index (χ4v) is 4.61. The smallest absolute Gasteiger partial charge is 0.376 e. The van der Waals surface area contributed by atoms with Crippen molar-refractivity contribution >= 4 is 5.70 Å². The summed E-state index contributed by atoms with van der Waals surface area (Å²) in [6.07, 6.45) is -7.80. The van der Waals surface area contributed by atoms with Gasteiger partial charge in [-0.3, -0.25) is 4.90 Å². The zero-order chi connectivity index (χ0) is 24.6. The Kier molecular flexibility index (Phi) is 6.89. The molecule has 2 aromatic rings. The Balaban J connectivity index is 2.07. The van der Waals surface area contributed by atoms with Crippen LogP contribution in [0.4, 0.5) is 26.3 Å². The van der Waals surface area contributed by atoms with E-state index in [1.165, 1.54) is 6.92 Å². The van der Waals surface area contributed by atoms with Crippen molar-refractivity contribution in [2.24, 2.45) is 0 Å². The first-order chi connectivity index (χ1) is 15.2. The average molecular weight is 471 g/mol. The molecule has 1 aliphatic rings. The summed E-state index contributed by atoms with van der Waals surface area (Å²) in [6.45, 7) is 10.8. The van der Waals surface area contributed by atoms with Gasteiger partial charge in [0.05, 0.1) is 17.2 Å². The van der Waals surface area contributed by atoms with Crippen molar-refractivity contribution in [2.45, 2.75) is 57.5 Å². The molecule has 0 radical (unpaired) electrons. The minimum Gasteiger partial charge on any atom is -0.376 e. The number of alkyl halides is 6. The van der Waals surface area contributed by atoms with Gasteiger partial charge in [-0.25, -0.2) is 0 Å². The summed E-state index contributed by atoms with van der Waals surface area (Å²) in [5, 5.41) is 3.16. The van der Waals surface area contributed by atoms with E-state index in [0.29, 0.717) is 0 Å². The van der Waals surface area contributed by atoms with Crippen LogP contribution >= 0.6 is 0 Å². The minimum absolute atomic E-state index is 0.0605. The van der Waals surface area contributed by atoms with Gasteiger partial charge in [-0.15, -0.1) is 0 Å². The standard InChI is InChI=1S/C25H28F6N2/c1-16-14-19(24(26,27)28)15-20(25(29,30)31)21(16)17(2)32-22(18-10-6-5-7-11-18)23(3,4)33-12-8-9-13-33/h5-7,10-11,14-15,22,32H,2,8-9,12-13H2,1,3-4H3. The number of nitrogens with one attached hydrogen (secondary N) is 1. The van der Waals surface area contributed by atoms with Gasteiger partial charge in [-0.2, -0.15) is 26.3 Å². The predicted octanol–water partition coefficient (Wildman–Crippen LogP) is 7.21. The molecule has 8 heteroatoms. The number of rotatable bonds is 6. The van der Waals surface area contributed by atoms with Gasteiger partial charge in [0, 0.05) is 16.8 Å². The van der Waals surface area contributed by atoms with E-state index in [1.54, 1.807) is 0 Å². The minimum atomic E-state index is -4.97.